The molecule has 0 spiro atoms. The summed E-state index contributed by atoms with van der Waals surface area (Å²) in [4.78, 5) is 11.2. The van der Waals surface area contributed by atoms with Crippen molar-refractivity contribution in [2.24, 2.45) is 5.92 Å². The molecule has 0 aromatic heterocycles. The summed E-state index contributed by atoms with van der Waals surface area (Å²) >= 11 is 11.4. The van der Waals surface area contributed by atoms with Crippen molar-refractivity contribution in [1.29, 1.82) is 0 Å². The molecule has 1 atom stereocenters. The zero-order valence-corrected chi connectivity index (χ0v) is 9.05. The molecular formula is C11H10Cl2O. The van der Waals surface area contributed by atoms with Crippen LogP contribution >= 0.6 is 23.2 Å². The number of rotatable bonds is 3. The van der Waals surface area contributed by atoms with E-state index in [9.17, 15) is 4.79 Å². The van der Waals surface area contributed by atoms with Crippen LogP contribution in [0.15, 0.2) is 24.3 Å². The lowest BCUT2D eigenvalue weighted by atomic mass is 9.96. The third-order valence-electron chi connectivity index (χ3n) is 2.57. The summed E-state index contributed by atoms with van der Waals surface area (Å²) in [6, 6.07) is 7.36. The van der Waals surface area contributed by atoms with Gasteiger partial charge in [0.05, 0.1) is 5.92 Å². The van der Waals surface area contributed by atoms with E-state index < -0.39 is 0 Å². The van der Waals surface area contributed by atoms with E-state index in [0.29, 0.717) is 10.9 Å². The minimum atomic E-state index is -0.255. The van der Waals surface area contributed by atoms with Gasteiger partial charge in [-0.2, -0.15) is 0 Å². The third kappa shape index (κ3) is 2.10. The molecule has 0 bridgehead atoms. The molecule has 1 aromatic carbocycles. The Hall–Kier alpha value is -0.530. The van der Waals surface area contributed by atoms with Crippen LogP contribution in [0.25, 0.3) is 0 Å². The molecule has 1 unspecified atom stereocenters. The highest BCUT2D eigenvalue weighted by atomic mass is 35.5. The van der Waals surface area contributed by atoms with Crippen LogP contribution in [-0.4, -0.2) is 5.24 Å². The Morgan fingerprint density at radius 2 is 1.86 bits per heavy atom. The van der Waals surface area contributed by atoms with Gasteiger partial charge in [0.1, 0.15) is 0 Å². The monoisotopic (exact) mass is 228 g/mol. The molecule has 0 aliphatic heterocycles. The topological polar surface area (TPSA) is 17.1 Å². The van der Waals surface area contributed by atoms with E-state index in [1.807, 2.05) is 12.1 Å². The number of hydrogen-bond acceptors (Lipinski definition) is 1. The first-order chi connectivity index (χ1) is 6.68. The molecule has 0 radical (unpaired) electrons. The van der Waals surface area contributed by atoms with Gasteiger partial charge in [-0.1, -0.05) is 23.7 Å². The van der Waals surface area contributed by atoms with Gasteiger partial charge in [-0.15, -0.1) is 0 Å². The first kappa shape index (κ1) is 10.0. The number of carbonyl (C=O) groups is 1. The van der Waals surface area contributed by atoms with Gasteiger partial charge in [-0.05, 0) is 48.1 Å². The normalized spacial score (nSPS) is 17.9. The highest BCUT2D eigenvalue weighted by Crippen LogP contribution is 2.43. The molecule has 1 saturated carbocycles. The summed E-state index contributed by atoms with van der Waals surface area (Å²) in [7, 11) is 0. The van der Waals surface area contributed by atoms with Crippen molar-refractivity contribution < 1.29 is 4.79 Å². The van der Waals surface area contributed by atoms with Crippen LogP contribution in [-0.2, 0) is 4.79 Å². The van der Waals surface area contributed by atoms with Crippen LogP contribution in [0.5, 0.6) is 0 Å². The Labute approximate surface area is 93.0 Å². The van der Waals surface area contributed by atoms with Crippen LogP contribution in [0.2, 0.25) is 5.02 Å². The zero-order chi connectivity index (χ0) is 10.1. The molecule has 1 fully saturated rings. The van der Waals surface area contributed by atoms with E-state index in [-0.39, 0.29) is 11.2 Å². The molecule has 74 valence electrons. The van der Waals surface area contributed by atoms with Crippen LogP contribution < -0.4 is 0 Å². The van der Waals surface area contributed by atoms with Gasteiger partial charge in [0.2, 0.25) is 5.24 Å². The van der Waals surface area contributed by atoms with E-state index in [2.05, 4.69) is 0 Å². The Balaban J connectivity index is 2.26. The first-order valence-corrected chi connectivity index (χ1v) is 5.39. The molecule has 0 saturated heterocycles. The lowest BCUT2D eigenvalue weighted by Gasteiger charge is -2.11. The van der Waals surface area contributed by atoms with Gasteiger partial charge in [0, 0.05) is 5.02 Å². The third-order valence-corrected chi connectivity index (χ3v) is 3.05. The summed E-state index contributed by atoms with van der Waals surface area (Å²) in [6.45, 7) is 0. The van der Waals surface area contributed by atoms with Gasteiger partial charge in [-0.3, -0.25) is 4.79 Å². The van der Waals surface area contributed by atoms with Crippen LogP contribution in [0.4, 0.5) is 0 Å². The number of benzene rings is 1. The molecule has 0 N–H and O–H groups in total. The maximum atomic E-state index is 11.2. The van der Waals surface area contributed by atoms with E-state index >= 15 is 0 Å². The molecule has 1 aliphatic carbocycles. The second-order valence-corrected chi connectivity index (χ2v) is 4.48. The van der Waals surface area contributed by atoms with E-state index in [1.165, 1.54) is 0 Å². The lowest BCUT2D eigenvalue weighted by molar-refractivity contribution is -0.113. The molecule has 14 heavy (non-hydrogen) atoms. The van der Waals surface area contributed by atoms with Gasteiger partial charge >= 0.3 is 0 Å². The molecule has 2 rings (SSSR count). The summed E-state index contributed by atoms with van der Waals surface area (Å²) in [5.41, 5.74) is 0.983. The Morgan fingerprint density at radius 1 is 1.29 bits per heavy atom. The minimum absolute atomic E-state index is 0.131. The van der Waals surface area contributed by atoms with E-state index in [1.54, 1.807) is 12.1 Å². The fourth-order valence-electron chi connectivity index (χ4n) is 1.69. The Morgan fingerprint density at radius 3 is 2.29 bits per heavy atom. The molecule has 1 nitrogen and oxygen atoms in total. The summed E-state index contributed by atoms with van der Waals surface area (Å²) in [5.74, 6) is 0.315. The van der Waals surface area contributed by atoms with Gasteiger partial charge < -0.3 is 0 Å². The van der Waals surface area contributed by atoms with Crippen molar-refractivity contribution in [3.8, 4) is 0 Å². The van der Waals surface area contributed by atoms with Gasteiger partial charge in [0.15, 0.2) is 0 Å². The SMILES string of the molecule is O=C(Cl)C(c1ccc(Cl)cc1)C1CC1. The summed E-state index contributed by atoms with van der Waals surface area (Å²) in [5, 5.41) is 0.431. The Kier molecular flexibility index (Phi) is 2.80. The van der Waals surface area contributed by atoms with E-state index in [4.69, 9.17) is 23.2 Å². The summed E-state index contributed by atoms with van der Waals surface area (Å²) in [6.07, 6.45) is 2.21. The van der Waals surface area contributed by atoms with Crippen molar-refractivity contribution in [2.75, 3.05) is 0 Å². The van der Waals surface area contributed by atoms with Crippen LogP contribution in [0.3, 0.4) is 0 Å². The number of halogens is 2. The minimum Gasteiger partial charge on any atom is -0.281 e. The smallest absolute Gasteiger partial charge is 0.229 e. The van der Waals surface area contributed by atoms with Crippen molar-refractivity contribution in [3.63, 3.8) is 0 Å². The van der Waals surface area contributed by atoms with Crippen molar-refractivity contribution in [2.45, 2.75) is 18.8 Å². The first-order valence-electron chi connectivity index (χ1n) is 4.63. The fourth-order valence-corrected chi connectivity index (χ4v) is 2.12. The molecular weight excluding hydrogens is 219 g/mol. The molecule has 1 aromatic rings. The lowest BCUT2D eigenvalue weighted by Crippen LogP contribution is -2.08. The zero-order valence-electron chi connectivity index (χ0n) is 7.54. The molecule has 0 amide bonds. The van der Waals surface area contributed by atoms with Crippen molar-refractivity contribution in [1.82, 2.24) is 0 Å². The molecule has 1 aliphatic rings. The Bertz CT molecular complexity index is 341. The predicted octanol–water partition coefficient (Wildman–Crippen LogP) is 3.60. The second kappa shape index (κ2) is 3.92. The maximum Gasteiger partial charge on any atom is 0.229 e. The largest absolute Gasteiger partial charge is 0.281 e. The van der Waals surface area contributed by atoms with E-state index in [0.717, 1.165) is 18.4 Å². The fraction of sp³-hybridized carbons (Fsp3) is 0.364. The van der Waals surface area contributed by atoms with Crippen molar-refractivity contribution in [3.05, 3.63) is 34.9 Å². The molecule has 0 heterocycles. The highest BCUT2D eigenvalue weighted by Gasteiger charge is 2.36. The molecule has 3 heteroatoms. The average Bonchev–Trinajstić information content (AvgIpc) is 2.92. The standard InChI is InChI=1S/C11H10Cl2O/c12-9-5-3-8(4-6-9)10(11(13)14)7-1-2-7/h3-7,10H,1-2H2. The number of carbonyl (C=O) groups excluding carboxylic acids is 1. The maximum absolute atomic E-state index is 11.2. The van der Waals surface area contributed by atoms with Gasteiger partial charge in [0.25, 0.3) is 0 Å². The quantitative estimate of drug-likeness (QED) is 0.723. The predicted molar refractivity (Wildman–Crippen MR) is 57.8 cm³/mol. The second-order valence-electron chi connectivity index (χ2n) is 3.67. The van der Waals surface area contributed by atoms with Gasteiger partial charge in [-0.25, -0.2) is 0 Å². The average molecular weight is 229 g/mol. The van der Waals surface area contributed by atoms with Crippen molar-refractivity contribution >= 4 is 28.4 Å². The summed E-state index contributed by atoms with van der Waals surface area (Å²) < 4.78 is 0. The number of hydrogen-bond donors (Lipinski definition) is 0. The van der Waals surface area contributed by atoms with Crippen LogP contribution in [0, 0.1) is 5.92 Å². The highest BCUT2D eigenvalue weighted by molar-refractivity contribution is 6.64. The van der Waals surface area contributed by atoms with Crippen LogP contribution in [0.1, 0.15) is 24.3 Å².